The Morgan fingerprint density at radius 3 is 1.71 bits per heavy atom. The van der Waals surface area contributed by atoms with Crippen molar-refractivity contribution >= 4 is 17.2 Å². The van der Waals surface area contributed by atoms with Crippen LogP contribution in [0.2, 0.25) is 0 Å². The Kier molecular flexibility index (Phi) is 3.47. The summed E-state index contributed by atoms with van der Waals surface area (Å²) in [6.07, 6.45) is 0. The summed E-state index contributed by atoms with van der Waals surface area (Å²) in [6.45, 7) is 0. The molecule has 1 aliphatic carbocycles. The van der Waals surface area contributed by atoms with Crippen LogP contribution in [0.15, 0.2) is 77.8 Å². The molecule has 3 aromatic rings. The normalized spacial score (nSPS) is 12.4. The van der Waals surface area contributed by atoms with Gasteiger partial charge in [0.05, 0.1) is 18.5 Å². The number of aliphatic imine (C=N–C) groups is 1. The van der Waals surface area contributed by atoms with Crippen LogP contribution < -0.4 is 4.74 Å². The molecule has 0 bridgehead atoms. The van der Waals surface area contributed by atoms with Gasteiger partial charge in [-0.2, -0.15) is 0 Å². The average Bonchev–Trinajstić information content (AvgIpc) is 2.65. The number of carbonyl (C=O) groups excluding carboxylic acids is 1. The quantitative estimate of drug-likeness (QED) is 0.550. The number of methoxy groups -OCH3 is 1. The third kappa shape index (κ3) is 2.31. The molecule has 0 atom stereocenters. The highest BCUT2D eigenvalue weighted by atomic mass is 16.5. The van der Waals surface area contributed by atoms with E-state index in [1.165, 1.54) is 0 Å². The van der Waals surface area contributed by atoms with Gasteiger partial charge in [0.2, 0.25) is 0 Å². The summed E-state index contributed by atoms with van der Waals surface area (Å²) in [5.41, 5.74) is 4.79. The number of benzene rings is 3. The van der Waals surface area contributed by atoms with Gasteiger partial charge in [-0.1, -0.05) is 48.5 Å². The molecular formula is C21H15NO2. The van der Waals surface area contributed by atoms with E-state index in [-0.39, 0.29) is 5.78 Å². The van der Waals surface area contributed by atoms with Crippen molar-refractivity contribution in [2.45, 2.75) is 0 Å². The summed E-state index contributed by atoms with van der Waals surface area (Å²) in [6, 6.07) is 22.8. The summed E-state index contributed by atoms with van der Waals surface area (Å²) in [4.78, 5) is 17.5. The molecule has 116 valence electrons. The second kappa shape index (κ2) is 5.78. The van der Waals surface area contributed by atoms with Gasteiger partial charge in [-0.15, -0.1) is 0 Å². The smallest absolute Gasteiger partial charge is 0.194 e. The number of fused-ring (bicyclic) bond motifs is 2. The lowest BCUT2D eigenvalue weighted by Gasteiger charge is -2.20. The van der Waals surface area contributed by atoms with Crippen LogP contribution >= 0.6 is 0 Å². The third-order valence-electron chi connectivity index (χ3n) is 4.17. The van der Waals surface area contributed by atoms with Crippen LogP contribution in [0.5, 0.6) is 5.75 Å². The van der Waals surface area contributed by atoms with Crippen molar-refractivity contribution in [2.24, 2.45) is 4.99 Å². The Morgan fingerprint density at radius 1 is 0.708 bits per heavy atom. The van der Waals surface area contributed by atoms with Gasteiger partial charge in [-0.25, -0.2) is 4.99 Å². The van der Waals surface area contributed by atoms with Crippen molar-refractivity contribution in [1.29, 1.82) is 0 Å². The Bertz CT molecular complexity index is 904. The largest absolute Gasteiger partial charge is 0.497 e. The van der Waals surface area contributed by atoms with Crippen LogP contribution in [0.3, 0.4) is 0 Å². The van der Waals surface area contributed by atoms with E-state index in [4.69, 9.17) is 9.73 Å². The fourth-order valence-corrected chi connectivity index (χ4v) is 2.97. The highest BCUT2D eigenvalue weighted by molar-refractivity contribution is 6.30. The molecule has 0 aliphatic heterocycles. The maximum atomic E-state index is 12.7. The van der Waals surface area contributed by atoms with Gasteiger partial charge in [0, 0.05) is 22.3 Å². The van der Waals surface area contributed by atoms with Gasteiger partial charge < -0.3 is 4.74 Å². The highest BCUT2D eigenvalue weighted by Crippen LogP contribution is 2.30. The molecule has 3 heteroatoms. The molecule has 0 N–H and O–H groups in total. The summed E-state index contributed by atoms with van der Waals surface area (Å²) < 4.78 is 5.19. The zero-order valence-corrected chi connectivity index (χ0v) is 13.2. The topological polar surface area (TPSA) is 38.7 Å². The van der Waals surface area contributed by atoms with Gasteiger partial charge >= 0.3 is 0 Å². The van der Waals surface area contributed by atoms with E-state index in [0.717, 1.165) is 28.3 Å². The second-order valence-electron chi connectivity index (χ2n) is 5.58. The minimum absolute atomic E-state index is 0.0508. The molecule has 4 rings (SSSR count). The molecule has 0 saturated heterocycles. The van der Waals surface area contributed by atoms with E-state index >= 15 is 0 Å². The maximum Gasteiger partial charge on any atom is 0.194 e. The average molecular weight is 313 g/mol. The zero-order chi connectivity index (χ0) is 16.5. The minimum atomic E-state index is 0.0508. The molecule has 0 radical (unpaired) electrons. The van der Waals surface area contributed by atoms with E-state index in [2.05, 4.69) is 0 Å². The second-order valence-corrected chi connectivity index (χ2v) is 5.58. The van der Waals surface area contributed by atoms with E-state index in [1.807, 2.05) is 72.8 Å². The minimum Gasteiger partial charge on any atom is -0.497 e. The number of hydrogen-bond donors (Lipinski definition) is 0. The zero-order valence-electron chi connectivity index (χ0n) is 13.2. The predicted octanol–water partition coefficient (Wildman–Crippen LogP) is 4.41. The van der Waals surface area contributed by atoms with Crippen LogP contribution in [-0.4, -0.2) is 18.6 Å². The van der Waals surface area contributed by atoms with Crippen molar-refractivity contribution in [3.63, 3.8) is 0 Å². The van der Waals surface area contributed by atoms with Gasteiger partial charge in [0.1, 0.15) is 5.75 Å². The van der Waals surface area contributed by atoms with Crippen molar-refractivity contribution in [1.82, 2.24) is 0 Å². The lowest BCUT2D eigenvalue weighted by Crippen LogP contribution is -2.21. The van der Waals surface area contributed by atoms with E-state index in [9.17, 15) is 4.79 Å². The first-order valence-electron chi connectivity index (χ1n) is 7.74. The first-order chi connectivity index (χ1) is 11.8. The van der Waals surface area contributed by atoms with Crippen LogP contribution in [0.25, 0.3) is 0 Å². The van der Waals surface area contributed by atoms with Crippen molar-refractivity contribution in [3.05, 3.63) is 95.1 Å². The Hall–Kier alpha value is -3.20. The monoisotopic (exact) mass is 313 g/mol. The summed E-state index contributed by atoms with van der Waals surface area (Å²) >= 11 is 0. The molecule has 1 aliphatic rings. The maximum absolute atomic E-state index is 12.7. The number of carbonyl (C=O) groups is 1. The predicted molar refractivity (Wildman–Crippen MR) is 94.6 cm³/mol. The molecule has 0 fully saturated rings. The Labute approximate surface area is 140 Å². The fraction of sp³-hybridized carbons (Fsp3) is 0.0476. The number of rotatable bonds is 2. The summed E-state index contributed by atoms with van der Waals surface area (Å²) in [7, 11) is 1.64. The fourth-order valence-electron chi connectivity index (χ4n) is 2.97. The lowest BCUT2D eigenvalue weighted by atomic mass is 9.83. The molecule has 0 aromatic heterocycles. The molecule has 24 heavy (non-hydrogen) atoms. The number of nitrogens with zero attached hydrogens (tertiary/aromatic N) is 1. The van der Waals surface area contributed by atoms with E-state index < -0.39 is 0 Å². The van der Waals surface area contributed by atoms with Crippen LogP contribution in [-0.2, 0) is 0 Å². The molecule has 0 spiro atoms. The van der Waals surface area contributed by atoms with Crippen LogP contribution in [0, 0.1) is 0 Å². The molecule has 3 aromatic carbocycles. The van der Waals surface area contributed by atoms with E-state index in [1.54, 1.807) is 7.11 Å². The van der Waals surface area contributed by atoms with Gasteiger partial charge in [-0.3, -0.25) is 4.79 Å². The number of ketones is 1. The summed E-state index contributed by atoms with van der Waals surface area (Å²) in [5.74, 6) is 0.841. The Morgan fingerprint density at radius 2 is 1.21 bits per heavy atom. The van der Waals surface area contributed by atoms with Crippen LogP contribution in [0.4, 0.5) is 5.69 Å². The van der Waals surface area contributed by atoms with E-state index in [0.29, 0.717) is 11.1 Å². The van der Waals surface area contributed by atoms with Crippen molar-refractivity contribution < 1.29 is 9.53 Å². The van der Waals surface area contributed by atoms with Gasteiger partial charge in [0.25, 0.3) is 0 Å². The molecule has 0 unspecified atom stereocenters. The molecule has 3 nitrogen and oxygen atoms in total. The standard InChI is InChI=1S/C21H15NO2/c1-24-15-12-10-14(11-13-15)22-20-16-6-2-4-8-18(16)21(23)19-9-5-3-7-17(19)20/h2-13H,1H3. The molecule has 0 heterocycles. The SMILES string of the molecule is COc1ccc(N=C2c3ccccc3C(=O)c3ccccc32)cc1. The molecular weight excluding hydrogens is 298 g/mol. The first-order valence-corrected chi connectivity index (χ1v) is 7.74. The van der Waals surface area contributed by atoms with Crippen molar-refractivity contribution in [3.8, 4) is 5.75 Å². The van der Waals surface area contributed by atoms with Gasteiger partial charge in [0.15, 0.2) is 5.78 Å². The lowest BCUT2D eigenvalue weighted by molar-refractivity contribution is 0.103. The first kappa shape index (κ1) is 14.4. The van der Waals surface area contributed by atoms with Crippen LogP contribution in [0.1, 0.15) is 27.0 Å². The Balaban J connectivity index is 1.93. The van der Waals surface area contributed by atoms with Gasteiger partial charge in [-0.05, 0) is 24.3 Å². The number of ether oxygens (including phenoxy) is 1. The molecule has 0 saturated carbocycles. The summed E-state index contributed by atoms with van der Waals surface area (Å²) in [5, 5.41) is 0. The number of hydrogen-bond acceptors (Lipinski definition) is 3. The third-order valence-corrected chi connectivity index (χ3v) is 4.17. The molecule has 0 amide bonds. The van der Waals surface area contributed by atoms with Crippen molar-refractivity contribution in [2.75, 3.05) is 7.11 Å². The highest BCUT2D eigenvalue weighted by Gasteiger charge is 2.27.